The Bertz CT molecular complexity index is 836. The van der Waals surface area contributed by atoms with Crippen molar-refractivity contribution in [3.63, 3.8) is 0 Å². The number of nitrogens with one attached hydrogen (secondary N) is 1. The average molecular weight is 305 g/mol. The second-order valence-electron chi connectivity index (χ2n) is 5.75. The molecule has 0 amide bonds. The Morgan fingerprint density at radius 1 is 1.04 bits per heavy atom. The number of carbonyl (C=O) groups is 1. The molecule has 0 fully saturated rings. The van der Waals surface area contributed by atoms with E-state index in [-0.39, 0.29) is 0 Å². The highest BCUT2D eigenvalue weighted by Gasteiger charge is 2.18. The third-order valence-corrected chi connectivity index (χ3v) is 3.96. The molecule has 3 aromatic rings. The molecule has 3 aromatic carbocycles. The summed E-state index contributed by atoms with van der Waals surface area (Å²) in [5.74, 6) is -0.848. The number of benzene rings is 3. The number of aryl methyl sites for hydroxylation is 1. The van der Waals surface area contributed by atoms with Crippen LogP contribution in [-0.2, 0) is 11.2 Å². The standard InChI is InChI=1S/C20H19NO2/c1-14-6-4-10-17(12-14)21-19(20(22)23)13-16-9-5-8-15-7-2-3-11-18(15)16/h2-12,19,21H,13H2,1H3,(H,22,23). The molecule has 0 aliphatic heterocycles. The predicted octanol–water partition coefficient (Wildman–Crippen LogP) is 4.26. The van der Waals surface area contributed by atoms with Gasteiger partial charge in [-0.2, -0.15) is 0 Å². The minimum absolute atomic E-state index is 0.435. The Labute approximate surface area is 135 Å². The Kier molecular flexibility index (Phi) is 4.29. The van der Waals surface area contributed by atoms with Crippen LogP contribution in [-0.4, -0.2) is 17.1 Å². The van der Waals surface area contributed by atoms with Crippen molar-refractivity contribution in [1.29, 1.82) is 0 Å². The van der Waals surface area contributed by atoms with E-state index in [9.17, 15) is 9.90 Å². The van der Waals surface area contributed by atoms with Gasteiger partial charge >= 0.3 is 5.97 Å². The molecule has 3 nitrogen and oxygen atoms in total. The van der Waals surface area contributed by atoms with Crippen molar-refractivity contribution in [2.45, 2.75) is 19.4 Å². The SMILES string of the molecule is Cc1cccc(NC(Cc2cccc3ccccc23)C(=O)O)c1. The topological polar surface area (TPSA) is 49.3 Å². The van der Waals surface area contributed by atoms with E-state index in [4.69, 9.17) is 0 Å². The number of carboxylic acids is 1. The zero-order chi connectivity index (χ0) is 16.2. The maximum absolute atomic E-state index is 11.7. The largest absolute Gasteiger partial charge is 0.480 e. The Morgan fingerprint density at radius 2 is 1.78 bits per heavy atom. The first-order valence-corrected chi connectivity index (χ1v) is 7.66. The van der Waals surface area contributed by atoms with Crippen molar-refractivity contribution >= 4 is 22.4 Å². The van der Waals surface area contributed by atoms with Crippen molar-refractivity contribution in [3.8, 4) is 0 Å². The van der Waals surface area contributed by atoms with Crippen LogP contribution in [0.15, 0.2) is 66.7 Å². The maximum Gasteiger partial charge on any atom is 0.326 e. The van der Waals surface area contributed by atoms with Crippen molar-refractivity contribution in [3.05, 3.63) is 77.9 Å². The lowest BCUT2D eigenvalue weighted by molar-refractivity contribution is -0.137. The molecule has 0 radical (unpaired) electrons. The smallest absolute Gasteiger partial charge is 0.326 e. The molecule has 116 valence electrons. The lowest BCUT2D eigenvalue weighted by atomic mass is 9.98. The summed E-state index contributed by atoms with van der Waals surface area (Å²) in [5.41, 5.74) is 2.97. The van der Waals surface area contributed by atoms with Crippen LogP contribution < -0.4 is 5.32 Å². The Hall–Kier alpha value is -2.81. The van der Waals surface area contributed by atoms with Gasteiger partial charge in [-0.25, -0.2) is 4.79 Å². The molecule has 0 aliphatic rings. The Balaban J connectivity index is 1.88. The number of anilines is 1. The zero-order valence-electron chi connectivity index (χ0n) is 13.0. The highest BCUT2D eigenvalue weighted by Crippen LogP contribution is 2.21. The number of hydrogen-bond acceptors (Lipinski definition) is 2. The van der Waals surface area contributed by atoms with Crippen LogP contribution >= 0.6 is 0 Å². The maximum atomic E-state index is 11.7. The number of fused-ring (bicyclic) bond motifs is 1. The summed E-state index contributed by atoms with van der Waals surface area (Å²) in [6.45, 7) is 1.99. The Morgan fingerprint density at radius 3 is 2.57 bits per heavy atom. The number of rotatable bonds is 5. The molecule has 1 atom stereocenters. The molecule has 0 aliphatic carbocycles. The molecule has 0 aromatic heterocycles. The van der Waals surface area contributed by atoms with Gasteiger partial charge in [0.15, 0.2) is 0 Å². The summed E-state index contributed by atoms with van der Waals surface area (Å²) in [7, 11) is 0. The van der Waals surface area contributed by atoms with Crippen LogP contribution in [0.3, 0.4) is 0 Å². The summed E-state index contributed by atoms with van der Waals surface area (Å²) in [4.78, 5) is 11.7. The van der Waals surface area contributed by atoms with Crippen molar-refractivity contribution < 1.29 is 9.90 Å². The summed E-state index contributed by atoms with van der Waals surface area (Å²) >= 11 is 0. The molecule has 0 spiro atoms. The van der Waals surface area contributed by atoms with Gasteiger partial charge in [0.1, 0.15) is 6.04 Å². The fourth-order valence-electron chi connectivity index (χ4n) is 2.83. The van der Waals surface area contributed by atoms with Gasteiger partial charge in [-0.05, 0) is 41.0 Å². The molecule has 3 heteroatoms. The normalized spacial score (nSPS) is 12.0. The lowest BCUT2D eigenvalue weighted by Gasteiger charge is -2.17. The number of carboxylic acid groups (broad SMARTS) is 1. The first-order chi connectivity index (χ1) is 11.1. The lowest BCUT2D eigenvalue weighted by Crippen LogP contribution is -2.31. The highest BCUT2D eigenvalue weighted by molar-refractivity contribution is 5.87. The van der Waals surface area contributed by atoms with E-state index in [1.807, 2.05) is 73.7 Å². The van der Waals surface area contributed by atoms with Gasteiger partial charge in [-0.15, -0.1) is 0 Å². The number of hydrogen-bond donors (Lipinski definition) is 2. The third kappa shape index (κ3) is 3.51. The van der Waals surface area contributed by atoms with Gasteiger partial charge in [-0.1, -0.05) is 54.6 Å². The van der Waals surface area contributed by atoms with Crippen LogP contribution in [0.1, 0.15) is 11.1 Å². The molecule has 0 saturated carbocycles. The second kappa shape index (κ2) is 6.53. The van der Waals surface area contributed by atoms with E-state index >= 15 is 0 Å². The average Bonchev–Trinajstić information content (AvgIpc) is 2.54. The van der Waals surface area contributed by atoms with Crippen molar-refractivity contribution in [2.75, 3.05) is 5.32 Å². The van der Waals surface area contributed by atoms with Crippen LogP contribution in [0.2, 0.25) is 0 Å². The van der Waals surface area contributed by atoms with Gasteiger partial charge in [-0.3, -0.25) is 0 Å². The third-order valence-electron chi connectivity index (χ3n) is 3.96. The minimum atomic E-state index is -0.848. The van der Waals surface area contributed by atoms with E-state index in [0.717, 1.165) is 27.6 Å². The van der Waals surface area contributed by atoms with E-state index in [1.165, 1.54) is 0 Å². The van der Waals surface area contributed by atoms with Crippen LogP contribution in [0.5, 0.6) is 0 Å². The van der Waals surface area contributed by atoms with Crippen LogP contribution in [0.25, 0.3) is 10.8 Å². The molecular weight excluding hydrogens is 286 g/mol. The van der Waals surface area contributed by atoms with Crippen LogP contribution in [0, 0.1) is 6.92 Å². The quantitative estimate of drug-likeness (QED) is 0.740. The zero-order valence-corrected chi connectivity index (χ0v) is 13.0. The van der Waals surface area contributed by atoms with E-state index in [1.54, 1.807) is 0 Å². The van der Waals surface area contributed by atoms with Gasteiger partial charge in [0.05, 0.1) is 0 Å². The first-order valence-electron chi connectivity index (χ1n) is 7.66. The predicted molar refractivity (Wildman–Crippen MR) is 93.9 cm³/mol. The summed E-state index contributed by atoms with van der Waals surface area (Å²) < 4.78 is 0. The summed E-state index contributed by atoms with van der Waals surface area (Å²) in [6.07, 6.45) is 0.435. The summed E-state index contributed by atoms with van der Waals surface area (Å²) in [6, 6.07) is 21.2. The van der Waals surface area contributed by atoms with Crippen LogP contribution in [0.4, 0.5) is 5.69 Å². The van der Waals surface area contributed by atoms with E-state index in [2.05, 4.69) is 5.32 Å². The van der Waals surface area contributed by atoms with Gasteiger partial charge in [0.2, 0.25) is 0 Å². The highest BCUT2D eigenvalue weighted by atomic mass is 16.4. The van der Waals surface area contributed by atoms with E-state index < -0.39 is 12.0 Å². The van der Waals surface area contributed by atoms with E-state index in [0.29, 0.717) is 6.42 Å². The molecule has 2 N–H and O–H groups in total. The van der Waals surface area contributed by atoms with Gasteiger partial charge < -0.3 is 10.4 Å². The molecule has 0 heterocycles. The van der Waals surface area contributed by atoms with Crippen molar-refractivity contribution in [2.24, 2.45) is 0 Å². The van der Waals surface area contributed by atoms with Crippen molar-refractivity contribution in [1.82, 2.24) is 0 Å². The number of aliphatic carboxylic acids is 1. The van der Waals surface area contributed by atoms with Gasteiger partial charge in [0, 0.05) is 12.1 Å². The molecule has 3 rings (SSSR count). The molecule has 0 saturated heterocycles. The minimum Gasteiger partial charge on any atom is -0.480 e. The molecule has 0 bridgehead atoms. The molecule has 1 unspecified atom stereocenters. The first kappa shape index (κ1) is 15.1. The summed E-state index contributed by atoms with van der Waals surface area (Å²) in [5, 5.41) is 14.9. The molecule has 23 heavy (non-hydrogen) atoms. The second-order valence-corrected chi connectivity index (χ2v) is 5.75. The van der Waals surface area contributed by atoms with Gasteiger partial charge in [0.25, 0.3) is 0 Å². The monoisotopic (exact) mass is 305 g/mol. The fraction of sp³-hybridized carbons (Fsp3) is 0.150. The molecular formula is C20H19NO2. The fourth-order valence-corrected chi connectivity index (χ4v) is 2.83.